The van der Waals surface area contributed by atoms with Gasteiger partial charge in [-0.15, -0.1) is 0 Å². The fourth-order valence-electron chi connectivity index (χ4n) is 1.73. The quantitative estimate of drug-likeness (QED) is 0.734. The van der Waals surface area contributed by atoms with E-state index in [-0.39, 0.29) is 5.69 Å². The van der Waals surface area contributed by atoms with Crippen molar-refractivity contribution in [2.75, 3.05) is 0 Å². The molecular formula is C12H8N4O2. The van der Waals surface area contributed by atoms with E-state index in [1.54, 1.807) is 29.2 Å². The summed E-state index contributed by atoms with van der Waals surface area (Å²) in [6, 6.07) is 3.63. The molecule has 3 aromatic rings. The summed E-state index contributed by atoms with van der Waals surface area (Å²) in [7, 11) is 0. The summed E-state index contributed by atoms with van der Waals surface area (Å²) in [6.45, 7) is 0. The third-order valence-electron chi connectivity index (χ3n) is 2.55. The van der Waals surface area contributed by atoms with Gasteiger partial charge in [0, 0.05) is 36.5 Å². The van der Waals surface area contributed by atoms with Crippen molar-refractivity contribution < 1.29 is 9.90 Å². The van der Waals surface area contributed by atoms with Crippen LogP contribution in [-0.2, 0) is 0 Å². The van der Waals surface area contributed by atoms with E-state index in [0.29, 0.717) is 11.3 Å². The Morgan fingerprint density at radius 3 is 2.72 bits per heavy atom. The molecule has 0 aliphatic heterocycles. The summed E-state index contributed by atoms with van der Waals surface area (Å²) in [5.41, 5.74) is 1.84. The molecule has 6 heteroatoms. The van der Waals surface area contributed by atoms with Crippen molar-refractivity contribution >= 4 is 11.6 Å². The fourth-order valence-corrected chi connectivity index (χ4v) is 1.73. The first-order valence-electron chi connectivity index (χ1n) is 5.23. The highest BCUT2D eigenvalue weighted by Gasteiger charge is 2.13. The monoisotopic (exact) mass is 240 g/mol. The number of carboxylic acids is 1. The summed E-state index contributed by atoms with van der Waals surface area (Å²) >= 11 is 0. The number of pyridine rings is 1. The number of nitrogens with zero attached hydrogens (tertiary/aromatic N) is 4. The first-order valence-corrected chi connectivity index (χ1v) is 5.23. The molecule has 3 rings (SSSR count). The van der Waals surface area contributed by atoms with Gasteiger partial charge in [-0.25, -0.2) is 14.8 Å². The maximum absolute atomic E-state index is 11.0. The van der Waals surface area contributed by atoms with E-state index in [9.17, 15) is 4.79 Å². The van der Waals surface area contributed by atoms with Gasteiger partial charge in [-0.05, 0) is 12.1 Å². The van der Waals surface area contributed by atoms with Crippen LogP contribution >= 0.6 is 0 Å². The summed E-state index contributed by atoms with van der Waals surface area (Å²) in [5.74, 6) is -1.09. The minimum absolute atomic E-state index is 0.0576. The molecule has 0 atom stereocenters. The average Bonchev–Trinajstić information content (AvgIpc) is 2.83. The van der Waals surface area contributed by atoms with Gasteiger partial charge in [-0.3, -0.25) is 4.98 Å². The number of rotatable bonds is 2. The van der Waals surface area contributed by atoms with Gasteiger partial charge in [-0.2, -0.15) is 0 Å². The zero-order valence-corrected chi connectivity index (χ0v) is 9.19. The van der Waals surface area contributed by atoms with Crippen LogP contribution in [0.2, 0.25) is 0 Å². The molecule has 1 N–H and O–H groups in total. The Hall–Kier alpha value is -2.76. The van der Waals surface area contributed by atoms with Gasteiger partial charge < -0.3 is 9.51 Å². The minimum Gasteiger partial charge on any atom is -0.476 e. The Labute approximate surface area is 102 Å². The predicted molar refractivity (Wildman–Crippen MR) is 63.2 cm³/mol. The van der Waals surface area contributed by atoms with E-state index >= 15 is 0 Å². The van der Waals surface area contributed by atoms with Crippen molar-refractivity contribution in [2.24, 2.45) is 0 Å². The normalized spacial score (nSPS) is 10.7. The molecule has 0 aliphatic carbocycles. The molecule has 0 fully saturated rings. The Kier molecular flexibility index (Phi) is 2.26. The lowest BCUT2D eigenvalue weighted by Crippen LogP contribution is -2.03. The molecule has 88 valence electrons. The van der Waals surface area contributed by atoms with Gasteiger partial charge in [0.15, 0.2) is 11.3 Å². The molecule has 0 unspecified atom stereocenters. The number of aromatic carboxylic acids is 1. The molecular weight excluding hydrogens is 232 g/mol. The van der Waals surface area contributed by atoms with Crippen LogP contribution in [0.15, 0.2) is 43.1 Å². The zero-order chi connectivity index (χ0) is 12.5. The lowest BCUT2D eigenvalue weighted by molar-refractivity contribution is 0.0692. The highest BCUT2D eigenvalue weighted by atomic mass is 16.4. The van der Waals surface area contributed by atoms with Crippen LogP contribution in [0.4, 0.5) is 0 Å². The topological polar surface area (TPSA) is 80.4 Å². The second kappa shape index (κ2) is 3.92. The molecule has 3 heterocycles. The maximum Gasteiger partial charge on any atom is 0.358 e. The first kappa shape index (κ1) is 10.4. The van der Waals surface area contributed by atoms with E-state index in [0.717, 1.165) is 5.56 Å². The predicted octanol–water partition coefficient (Wildman–Crippen LogP) is 1.49. The number of carbonyl (C=O) groups is 1. The van der Waals surface area contributed by atoms with E-state index in [1.165, 1.54) is 6.20 Å². The van der Waals surface area contributed by atoms with Gasteiger partial charge in [0.2, 0.25) is 0 Å². The standard InChI is InChI=1S/C12H8N4O2/c17-12(18)10-11-15-9(7-16(11)6-5-14-10)8-1-3-13-4-2-8/h1-7H,(H,17,18). The third-order valence-corrected chi connectivity index (χ3v) is 2.55. The summed E-state index contributed by atoms with van der Waals surface area (Å²) in [6.07, 6.45) is 8.19. The maximum atomic E-state index is 11.0. The lowest BCUT2D eigenvalue weighted by atomic mass is 10.2. The number of fused-ring (bicyclic) bond motifs is 1. The van der Waals surface area contributed by atoms with Gasteiger partial charge in [0.1, 0.15) is 0 Å². The molecule has 0 bridgehead atoms. The molecule has 0 aliphatic rings. The van der Waals surface area contributed by atoms with E-state index in [1.807, 2.05) is 12.1 Å². The number of aromatic nitrogens is 4. The molecule has 18 heavy (non-hydrogen) atoms. The van der Waals surface area contributed by atoms with Crippen molar-refractivity contribution in [3.8, 4) is 11.3 Å². The van der Waals surface area contributed by atoms with Crippen LogP contribution in [0.5, 0.6) is 0 Å². The molecule has 0 aromatic carbocycles. The van der Waals surface area contributed by atoms with Crippen molar-refractivity contribution in [1.82, 2.24) is 19.4 Å². The fraction of sp³-hybridized carbons (Fsp3) is 0. The van der Waals surface area contributed by atoms with Gasteiger partial charge >= 0.3 is 5.97 Å². The minimum atomic E-state index is -1.09. The largest absolute Gasteiger partial charge is 0.476 e. The Morgan fingerprint density at radius 2 is 2.00 bits per heavy atom. The molecule has 0 amide bonds. The molecule has 3 aromatic heterocycles. The van der Waals surface area contributed by atoms with Gasteiger partial charge in [0.05, 0.1) is 5.69 Å². The zero-order valence-electron chi connectivity index (χ0n) is 9.19. The summed E-state index contributed by atoms with van der Waals surface area (Å²) in [4.78, 5) is 23.1. The number of hydrogen-bond donors (Lipinski definition) is 1. The smallest absolute Gasteiger partial charge is 0.358 e. The van der Waals surface area contributed by atoms with Crippen LogP contribution in [0.3, 0.4) is 0 Å². The number of carboxylic acid groups (broad SMARTS) is 1. The second-order valence-electron chi connectivity index (χ2n) is 3.67. The summed E-state index contributed by atoms with van der Waals surface area (Å²) < 4.78 is 1.65. The highest BCUT2D eigenvalue weighted by molar-refractivity contribution is 5.92. The first-order chi connectivity index (χ1) is 8.75. The van der Waals surface area contributed by atoms with E-state index < -0.39 is 5.97 Å². The highest BCUT2D eigenvalue weighted by Crippen LogP contribution is 2.19. The molecule has 0 saturated carbocycles. The molecule has 6 nitrogen and oxygen atoms in total. The Balaban J connectivity index is 2.23. The van der Waals surface area contributed by atoms with Crippen LogP contribution in [-0.4, -0.2) is 30.4 Å². The van der Waals surface area contributed by atoms with Gasteiger partial charge in [0.25, 0.3) is 0 Å². The van der Waals surface area contributed by atoms with Crippen LogP contribution in [0, 0.1) is 0 Å². The molecule has 0 saturated heterocycles. The van der Waals surface area contributed by atoms with Crippen molar-refractivity contribution in [3.05, 3.63) is 48.8 Å². The van der Waals surface area contributed by atoms with Crippen molar-refractivity contribution in [2.45, 2.75) is 0 Å². The van der Waals surface area contributed by atoms with Crippen molar-refractivity contribution in [3.63, 3.8) is 0 Å². The van der Waals surface area contributed by atoms with Crippen molar-refractivity contribution in [1.29, 1.82) is 0 Å². The third kappa shape index (κ3) is 1.60. The lowest BCUT2D eigenvalue weighted by Gasteiger charge is -1.95. The van der Waals surface area contributed by atoms with Crippen LogP contribution in [0.25, 0.3) is 16.9 Å². The second-order valence-corrected chi connectivity index (χ2v) is 3.67. The Bertz CT molecular complexity index is 721. The number of imidazole rings is 1. The molecule has 0 spiro atoms. The summed E-state index contributed by atoms with van der Waals surface area (Å²) in [5, 5.41) is 9.04. The average molecular weight is 240 g/mol. The van der Waals surface area contributed by atoms with Crippen LogP contribution in [0.1, 0.15) is 10.5 Å². The molecule has 0 radical (unpaired) electrons. The SMILES string of the molecule is O=C(O)c1nccn2cc(-c3ccncc3)nc12. The van der Waals surface area contributed by atoms with Gasteiger partial charge in [-0.1, -0.05) is 0 Å². The van der Waals surface area contributed by atoms with Crippen LogP contribution < -0.4 is 0 Å². The Morgan fingerprint density at radius 1 is 1.22 bits per heavy atom. The van der Waals surface area contributed by atoms with E-state index in [2.05, 4.69) is 15.0 Å². The number of hydrogen-bond acceptors (Lipinski definition) is 4. The van der Waals surface area contributed by atoms with E-state index in [4.69, 9.17) is 5.11 Å².